The Morgan fingerprint density at radius 2 is 1.89 bits per heavy atom. The van der Waals surface area contributed by atoms with Crippen molar-refractivity contribution >= 4 is 5.97 Å². The summed E-state index contributed by atoms with van der Waals surface area (Å²) in [6.45, 7) is 0.896. The van der Waals surface area contributed by atoms with Gasteiger partial charge in [0.2, 0.25) is 0 Å². The Balaban J connectivity index is 2.10. The number of aliphatic carboxylic acids is 1. The van der Waals surface area contributed by atoms with Gasteiger partial charge >= 0.3 is 5.97 Å². The maximum atomic E-state index is 13.3. The zero-order valence-electron chi connectivity index (χ0n) is 10.9. The Hall–Kier alpha value is -1.45. The van der Waals surface area contributed by atoms with Gasteiger partial charge in [0.25, 0.3) is 5.92 Å². The van der Waals surface area contributed by atoms with Gasteiger partial charge in [-0.3, -0.25) is 4.79 Å². The molecule has 0 aromatic heterocycles. The minimum absolute atomic E-state index is 0.0327. The molecule has 0 unspecified atom stereocenters. The smallest absolute Gasteiger partial charge is 0.306 e. The lowest BCUT2D eigenvalue weighted by Gasteiger charge is -2.27. The summed E-state index contributed by atoms with van der Waals surface area (Å²) in [6.07, 6.45) is 2.78. The van der Waals surface area contributed by atoms with Crippen molar-refractivity contribution in [3.8, 4) is 0 Å². The van der Waals surface area contributed by atoms with E-state index in [2.05, 4.69) is 0 Å². The van der Waals surface area contributed by atoms with E-state index in [1.165, 1.54) is 6.07 Å². The van der Waals surface area contributed by atoms with Crippen LogP contribution in [0.3, 0.4) is 0 Å². The Labute approximate surface area is 111 Å². The molecule has 0 atom stereocenters. The van der Waals surface area contributed by atoms with Gasteiger partial charge in [-0.1, -0.05) is 18.2 Å². The van der Waals surface area contributed by atoms with Crippen LogP contribution in [0.2, 0.25) is 0 Å². The summed E-state index contributed by atoms with van der Waals surface area (Å²) in [6, 6.07) is 6.52. The minimum Gasteiger partial charge on any atom is -0.481 e. The van der Waals surface area contributed by atoms with Crippen LogP contribution in [0.25, 0.3) is 0 Å². The number of carbonyl (C=O) groups is 1. The predicted molar refractivity (Wildman–Crippen MR) is 68.3 cm³/mol. The van der Waals surface area contributed by atoms with Crippen molar-refractivity contribution in [3.05, 3.63) is 35.4 Å². The molecule has 0 radical (unpaired) electrons. The van der Waals surface area contributed by atoms with Gasteiger partial charge in [0.15, 0.2) is 0 Å². The highest BCUT2D eigenvalue weighted by molar-refractivity contribution is 5.70. The molecule has 1 aromatic carbocycles. The van der Waals surface area contributed by atoms with E-state index in [9.17, 15) is 13.6 Å². The first-order chi connectivity index (χ1) is 8.88. The van der Waals surface area contributed by atoms with Gasteiger partial charge in [-0.15, -0.1) is 0 Å². The van der Waals surface area contributed by atoms with Gasteiger partial charge in [-0.05, 0) is 43.2 Å². The van der Waals surface area contributed by atoms with Crippen molar-refractivity contribution in [3.63, 3.8) is 0 Å². The van der Waals surface area contributed by atoms with Gasteiger partial charge in [0, 0.05) is 12.5 Å². The van der Waals surface area contributed by atoms with Gasteiger partial charge in [0.05, 0.1) is 5.92 Å². The van der Waals surface area contributed by atoms with E-state index < -0.39 is 11.9 Å². The number of carboxylic acids is 1. The maximum absolute atomic E-state index is 13.3. The molecule has 0 amide bonds. The number of halogens is 2. The summed E-state index contributed by atoms with van der Waals surface area (Å²) in [7, 11) is 0. The van der Waals surface area contributed by atoms with Crippen LogP contribution in [0.1, 0.15) is 49.7 Å². The molecule has 0 heterocycles. The van der Waals surface area contributed by atoms with Crippen molar-refractivity contribution in [2.75, 3.05) is 0 Å². The van der Waals surface area contributed by atoms with Crippen LogP contribution in [-0.4, -0.2) is 11.1 Å². The Bertz CT molecular complexity index is 457. The van der Waals surface area contributed by atoms with Crippen LogP contribution < -0.4 is 0 Å². The molecule has 0 bridgehead atoms. The number of hydrogen-bond donors (Lipinski definition) is 1. The highest BCUT2D eigenvalue weighted by Gasteiger charge is 2.29. The third kappa shape index (κ3) is 3.31. The fourth-order valence-corrected chi connectivity index (χ4v) is 2.74. The molecular formula is C15H18F2O2. The normalized spacial score (nSPS) is 24.2. The van der Waals surface area contributed by atoms with E-state index in [1.54, 1.807) is 12.1 Å². The molecule has 1 saturated carbocycles. The zero-order valence-corrected chi connectivity index (χ0v) is 10.9. The van der Waals surface area contributed by atoms with Crippen LogP contribution in [0.5, 0.6) is 0 Å². The van der Waals surface area contributed by atoms with Crippen molar-refractivity contribution in [2.24, 2.45) is 5.92 Å². The first-order valence-corrected chi connectivity index (χ1v) is 6.59. The average molecular weight is 268 g/mol. The highest BCUT2D eigenvalue weighted by Crippen LogP contribution is 2.37. The molecule has 2 nitrogen and oxygen atoms in total. The molecule has 1 fully saturated rings. The standard InChI is InChI=1S/C15H18F2O2/c1-15(16,17)13-4-2-3-12(9-13)10-5-7-11(8-6-10)14(18)19/h2-4,9-11H,5-8H2,1H3,(H,18,19). The maximum Gasteiger partial charge on any atom is 0.306 e. The topological polar surface area (TPSA) is 37.3 Å². The van der Waals surface area contributed by atoms with E-state index in [4.69, 9.17) is 5.11 Å². The van der Waals surface area contributed by atoms with Gasteiger partial charge in [-0.2, -0.15) is 0 Å². The fourth-order valence-electron chi connectivity index (χ4n) is 2.74. The lowest BCUT2D eigenvalue weighted by molar-refractivity contribution is -0.142. The SMILES string of the molecule is CC(F)(F)c1cccc(C2CCC(C(=O)O)CC2)c1. The Morgan fingerprint density at radius 1 is 1.26 bits per heavy atom. The molecular weight excluding hydrogens is 250 g/mol. The number of carboxylic acid groups (broad SMARTS) is 1. The molecule has 104 valence electrons. The lowest BCUT2D eigenvalue weighted by Crippen LogP contribution is -2.20. The van der Waals surface area contributed by atoms with E-state index in [-0.39, 0.29) is 17.4 Å². The zero-order chi connectivity index (χ0) is 14.0. The van der Waals surface area contributed by atoms with E-state index in [1.807, 2.05) is 6.07 Å². The summed E-state index contributed by atoms with van der Waals surface area (Å²) in [5.41, 5.74) is 0.938. The summed E-state index contributed by atoms with van der Waals surface area (Å²) in [5.74, 6) is -3.63. The first kappa shape index (κ1) is 14.0. The van der Waals surface area contributed by atoms with Crippen LogP contribution >= 0.6 is 0 Å². The number of rotatable bonds is 3. The molecule has 1 aliphatic carbocycles. The largest absolute Gasteiger partial charge is 0.481 e. The van der Waals surface area contributed by atoms with Gasteiger partial charge in [0.1, 0.15) is 0 Å². The van der Waals surface area contributed by atoms with Gasteiger partial charge < -0.3 is 5.11 Å². The molecule has 1 aliphatic rings. The second-order valence-electron chi connectivity index (χ2n) is 5.40. The summed E-state index contributed by atoms with van der Waals surface area (Å²) >= 11 is 0. The van der Waals surface area contributed by atoms with Crippen LogP contribution in [0, 0.1) is 5.92 Å². The predicted octanol–water partition coefficient (Wildman–Crippen LogP) is 4.16. The lowest BCUT2D eigenvalue weighted by atomic mass is 9.78. The van der Waals surface area contributed by atoms with E-state index in [0.29, 0.717) is 12.8 Å². The van der Waals surface area contributed by atoms with Crippen LogP contribution in [0.15, 0.2) is 24.3 Å². The van der Waals surface area contributed by atoms with Gasteiger partial charge in [-0.25, -0.2) is 8.78 Å². The molecule has 1 aromatic rings. The quantitative estimate of drug-likeness (QED) is 0.893. The van der Waals surface area contributed by atoms with Crippen LogP contribution in [-0.2, 0) is 10.7 Å². The second kappa shape index (κ2) is 5.27. The molecule has 0 aliphatic heterocycles. The molecule has 19 heavy (non-hydrogen) atoms. The van der Waals surface area contributed by atoms with E-state index in [0.717, 1.165) is 25.3 Å². The number of benzene rings is 1. The average Bonchev–Trinajstić information content (AvgIpc) is 2.38. The minimum atomic E-state index is -2.83. The third-order valence-electron chi connectivity index (χ3n) is 3.94. The van der Waals surface area contributed by atoms with Crippen molar-refractivity contribution in [2.45, 2.75) is 44.4 Å². The summed E-state index contributed by atoms with van der Waals surface area (Å²) < 4.78 is 26.6. The van der Waals surface area contributed by atoms with Crippen molar-refractivity contribution in [1.29, 1.82) is 0 Å². The van der Waals surface area contributed by atoms with Crippen molar-refractivity contribution in [1.82, 2.24) is 0 Å². The summed E-state index contributed by atoms with van der Waals surface area (Å²) in [4.78, 5) is 10.9. The fraction of sp³-hybridized carbons (Fsp3) is 0.533. The number of alkyl halides is 2. The molecule has 1 N–H and O–H groups in total. The molecule has 0 saturated heterocycles. The second-order valence-corrected chi connectivity index (χ2v) is 5.40. The molecule has 4 heteroatoms. The van der Waals surface area contributed by atoms with Crippen molar-refractivity contribution < 1.29 is 18.7 Å². The Kier molecular flexibility index (Phi) is 3.88. The monoisotopic (exact) mass is 268 g/mol. The highest BCUT2D eigenvalue weighted by atomic mass is 19.3. The molecule has 0 spiro atoms. The Morgan fingerprint density at radius 3 is 2.42 bits per heavy atom. The summed E-state index contributed by atoms with van der Waals surface area (Å²) in [5, 5.41) is 8.95. The first-order valence-electron chi connectivity index (χ1n) is 6.59. The van der Waals surface area contributed by atoms with E-state index >= 15 is 0 Å². The molecule has 2 rings (SSSR count). The third-order valence-corrected chi connectivity index (χ3v) is 3.94. The van der Waals surface area contributed by atoms with Crippen LogP contribution in [0.4, 0.5) is 8.78 Å². The number of hydrogen-bond acceptors (Lipinski definition) is 1.